The summed E-state index contributed by atoms with van der Waals surface area (Å²) in [6.45, 7) is 0. The first-order valence-corrected chi connectivity index (χ1v) is 4.94. The number of hydrogen-bond acceptors (Lipinski definition) is 1. The molecule has 0 saturated heterocycles. The van der Waals surface area contributed by atoms with Crippen molar-refractivity contribution in [3.8, 4) is 0 Å². The van der Waals surface area contributed by atoms with Crippen molar-refractivity contribution in [3.63, 3.8) is 0 Å². The van der Waals surface area contributed by atoms with Crippen molar-refractivity contribution in [2.45, 2.75) is 24.9 Å². The zero-order chi connectivity index (χ0) is 9.71. The molecule has 1 N–H and O–H groups in total. The maximum absolute atomic E-state index is 13.5. The summed E-state index contributed by atoms with van der Waals surface area (Å²) < 4.78 is 13.5. The third-order valence-electron chi connectivity index (χ3n) is 3.25. The Balaban J connectivity index is 2.28. The summed E-state index contributed by atoms with van der Waals surface area (Å²) in [5.74, 6) is 0.197. The molecule has 0 amide bonds. The second-order valence-electron chi connectivity index (χ2n) is 4.04. The van der Waals surface area contributed by atoms with Crippen molar-refractivity contribution in [2.24, 2.45) is 0 Å². The number of hydrogen-bond donors (Lipinski definition) is 1. The van der Waals surface area contributed by atoms with E-state index in [1.54, 1.807) is 12.1 Å². The number of aliphatic hydroxyl groups excluding tert-OH is 1. The van der Waals surface area contributed by atoms with Crippen LogP contribution in [0.1, 0.15) is 41.6 Å². The van der Waals surface area contributed by atoms with E-state index in [1.165, 1.54) is 0 Å². The van der Waals surface area contributed by atoms with Gasteiger partial charge in [0, 0.05) is 5.56 Å². The summed E-state index contributed by atoms with van der Waals surface area (Å²) in [7, 11) is 0. The quantitative estimate of drug-likeness (QED) is 0.666. The lowest BCUT2D eigenvalue weighted by atomic mass is 9.88. The lowest BCUT2D eigenvalue weighted by Crippen LogP contribution is -2.01. The van der Waals surface area contributed by atoms with Gasteiger partial charge >= 0.3 is 0 Å². The zero-order valence-corrected chi connectivity index (χ0v) is 7.70. The van der Waals surface area contributed by atoms with E-state index < -0.39 is 6.10 Å². The van der Waals surface area contributed by atoms with Crippen molar-refractivity contribution in [2.75, 3.05) is 0 Å². The molecule has 2 atom stereocenters. The Kier molecular flexibility index (Phi) is 1.56. The molecule has 1 nitrogen and oxygen atoms in total. The molecule has 3 rings (SSSR count). The molecule has 1 unspecified atom stereocenters. The van der Waals surface area contributed by atoms with Gasteiger partial charge in [-0.05, 0) is 36.0 Å². The van der Waals surface area contributed by atoms with Crippen LogP contribution in [0, 0.1) is 0 Å². The van der Waals surface area contributed by atoms with Crippen molar-refractivity contribution in [1.29, 1.82) is 0 Å². The Morgan fingerprint density at radius 3 is 3.07 bits per heavy atom. The standard InChI is InChI=1S/C12H11FO/c13-10-5-4-7-6-11(14)9-3-1-2-8(10)12(7)9/h1-3,5,7,11,14H,4,6H2/t7?,11-/m0/s1. The third-order valence-corrected chi connectivity index (χ3v) is 3.25. The molecule has 0 heterocycles. The molecule has 2 heteroatoms. The average molecular weight is 190 g/mol. The Labute approximate surface area is 81.9 Å². The maximum atomic E-state index is 13.5. The molecule has 0 bridgehead atoms. The van der Waals surface area contributed by atoms with E-state index in [0.29, 0.717) is 11.5 Å². The fourth-order valence-electron chi connectivity index (χ4n) is 2.62. The first kappa shape index (κ1) is 8.18. The first-order valence-electron chi connectivity index (χ1n) is 4.94. The van der Waals surface area contributed by atoms with Gasteiger partial charge in [-0.1, -0.05) is 18.2 Å². The SMILES string of the molecule is O[C@H]1CC2CC=C(F)c3cccc1c32. The van der Waals surface area contributed by atoms with Crippen molar-refractivity contribution in [3.05, 3.63) is 41.0 Å². The second-order valence-corrected chi connectivity index (χ2v) is 4.04. The Hall–Kier alpha value is -1.15. The molecule has 1 aromatic rings. The van der Waals surface area contributed by atoms with Crippen LogP contribution in [0.2, 0.25) is 0 Å². The minimum Gasteiger partial charge on any atom is -0.388 e. The van der Waals surface area contributed by atoms with Crippen LogP contribution < -0.4 is 0 Å². The van der Waals surface area contributed by atoms with Crippen LogP contribution >= 0.6 is 0 Å². The predicted octanol–water partition coefficient (Wildman–Crippen LogP) is 2.92. The first-order chi connectivity index (χ1) is 6.77. The average Bonchev–Trinajstić information content (AvgIpc) is 2.52. The molecule has 0 saturated carbocycles. The lowest BCUT2D eigenvalue weighted by molar-refractivity contribution is 0.173. The van der Waals surface area contributed by atoms with Crippen LogP contribution in [0.3, 0.4) is 0 Å². The minimum atomic E-state index is -0.394. The van der Waals surface area contributed by atoms with Gasteiger partial charge in [-0.25, -0.2) is 4.39 Å². The zero-order valence-electron chi connectivity index (χ0n) is 7.70. The predicted molar refractivity (Wildman–Crippen MR) is 52.5 cm³/mol. The topological polar surface area (TPSA) is 20.2 Å². The summed E-state index contributed by atoms with van der Waals surface area (Å²) in [5.41, 5.74) is 2.66. The molecule has 14 heavy (non-hydrogen) atoms. The van der Waals surface area contributed by atoms with Gasteiger partial charge < -0.3 is 5.11 Å². The summed E-state index contributed by atoms with van der Waals surface area (Å²) in [4.78, 5) is 0. The smallest absolute Gasteiger partial charge is 0.126 e. The molecule has 0 aromatic heterocycles. The summed E-state index contributed by atoms with van der Waals surface area (Å²) in [6, 6.07) is 5.52. The Morgan fingerprint density at radius 2 is 2.21 bits per heavy atom. The van der Waals surface area contributed by atoms with Crippen LogP contribution in [-0.2, 0) is 0 Å². The van der Waals surface area contributed by atoms with E-state index >= 15 is 0 Å². The molecular weight excluding hydrogens is 179 g/mol. The molecule has 2 aliphatic rings. The highest BCUT2D eigenvalue weighted by Gasteiger charge is 2.34. The summed E-state index contributed by atoms with van der Waals surface area (Å²) in [5, 5.41) is 9.78. The van der Waals surface area contributed by atoms with Crippen LogP contribution in [0.15, 0.2) is 24.3 Å². The molecule has 2 aliphatic carbocycles. The highest BCUT2D eigenvalue weighted by atomic mass is 19.1. The monoisotopic (exact) mass is 190 g/mol. The van der Waals surface area contributed by atoms with Crippen LogP contribution in [-0.4, -0.2) is 5.11 Å². The van der Waals surface area contributed by atoms with E-state index in [2.05, 4.69) is 0 Å². The highest BCUT2D eigenvalue weighted by molar-refractivity contribution is 5.68. The minimum absolute atomic E-state index is 0.132. The van der Waals surface area contributed by atoms with Gasteiger partial charge in [0.15, 0.2) is 0 Å². The number of rotatable bonds is 0. The molecule has 0 radical (unpaired) electrons. The van der Waals surface area contributed by atoms with E-state index in [-0.39, 0.29) is 5.83 Å². The van der Waals surface area contributed by atoms with Gasteiger partial charge in [0.1, 0.15) is 5.83 Å². The number of aliphatic hydroxyl groups is 1. The van der Waals surface area contributed by atoms with E-state index in [0.717, 1.165) is 24.0 Å². The fourth-order valence-corrected chi connectivity index (χ4v) is 2.62. The van der Waals surface area contributed by atoms with Crippen LogP contribution in [0.25, 0.3) is 5.83 Å². The number of allylic oxidation sites excluding steroid dienone is 1. The Bertz CT molecular complexity index is 422. The molecular formula is C12H11FO. The summed E-state index contributed by atoms with van der Waals surface area (Å²) in [6.07, 6.45) is 2.71. The van der Waals surface area contributed by atoms with Gasteiger partial charge in [0.05, 0.1) is 6.10 Å². The molecule has 1 aromatic carbocycles. The van der Waals surface area contributed by atoms with E-state index in [9.17, 15) is 9.50 Å². The highest BCUT2D eigenvalue weighted by Crippen LogP contribution is 2.48. The van der Waals surface area contributed by atoms with E-state index in [4.69, 9.17) is 0 Å². The number of halogens is 1. The molecule has 0 aliphatic heterocycles. The van der Waals surface area contributed by atoms with Gasteiger partial charge in [0.25, 0.3) is 0 Å². The van der Waals surface area contributed by atoms with Gasteiger partial charge in [0.2, 0.25) is 0 Å². The molecule has 72 valence electrons. The normalized spacial score (nSPS) is 28.6. The summed E-state index contributed by atoms with van der Waals surface area (Å²) >= 11 is 0. The van der Waals surface area contributed by atoms with Crippen molar-refractivity contribution >= 4 is 5.83 Å². The van der Waals surface area contributed by atoms with Crippen molar-refractivity contribution in [1.82, 2.24) is 0 Å². The van der Waals surface area contributed by atoms with Gasteiger partial charge in [-0.15, -0.1) is 0 Å². The molecule has 0 fully saturated rings. The second kappa shape index (κ2) is 2.67. The Morgan fingerprint density at radius 1 is 1.36 bits per heavy atom. The van der Waals surface area contributed by atoms with Gasteiger partial charge in [-0.3, -0.25) is 0 Å². The van der Waals surface area contributed by atoms with Crippen molar-refractivity contribution < 1.29 is 9.50 Å². The largest absolute Gasteiger partial charge is 0.388 e. The molecule has 0 spiro atoms. The maximum Gasteiger partial charge on any atom is 0.126 e. The van der Waals surface area contributed by atoms with E-state index in [1.807, 2.05) is 12.1 Å². The lowest BCUT2D eigenvalue weighted by Gasteiger charge is -2.17. The van der Waals surface area contributed by atoms with Crippen LogP contribution in [0.5, 0.6) is 0 Å². The van der Waals surface area contributed by atoms with Crippen LogP contribution in [0.4, 0.5) is 4.39 Å². The van der Waals surface area contributed by atoms with Gasteiger partial charge in [-0.2, -0.15) is 0 Å². The number of benzene rings is 1. The third kappa shape index (κ3) is 0.919. The fraction of sp³-hybridized carbons (Fsp3) is 0.333.